The summed E-state index contributed by atoms with van der Waals surface area (Å²) >= 11 is 0. The van der Waals surface area contributed by atoms with Crippen molar-refractivity contribution in [1.82, 2.24) is 15.3 Å². The van der Waals surface area contributed by atoms with E-state index in [4.69, 9.17) is 0 Å². The highest BCUT2D eigenvalue weighted by molar-refractivity contribution is 7.91. The van der Waals surface area contributed by atoms with Crippen LogP contribution < -0.4 is 10.6 Å². The third-order valence-electron chi connectivity index (χ3n) is 4.31. The molecule has 26 heavy (non-hydrogen) atoms. The van der Waals surface area contributed by atoms with Crippen LogP contribution in [0, 0.1) is 0 Å². The van der Waals surface area contributed by atoms with Crippen LogP contribution in [0.1, 0.15) is 42.2 Å². The molecule has 0 spiro atoms. The second-order valence-corrected chi connectivity index (χ2v) is 8.96. The van der Waals surface area contributed by atoms with Crippen LogP contribution in [0.4, 0.5) is 11.5 Å². The summed E-state index contributed by atoms with van der Waals surface area (Å²) in [7, 11) is -3.04. The van der Waals surface area contributed by atoms with Gasteiger partial charge in [-0.3, -0.25) is 4.79 Å². The molecule has 0 aliphatic carbocycles. The number of carbonyl (C=O) groups is 1. The molecule has 2 heterocycles. The highest BCUT2D eigenvalue weighted by Gasteiger charge is 2.29. The Morgan fingerprint density at radius 2 is 2.00 bits per heavy atom. The Balaban J connectivity index is 1.73. The molecule has 0 radical (unpaired) electrons. The monoisotopic (exact) mass is 374 g/mol. The molecule has 0 saturated carbocycles. The van der Waals surface area contributed by atoms with Gasteiger partial charge in [0.25, 0.3) is 5.91 Å². The first-order chi connectivity index (χ1) is 12.3. The van der Waals surface area contributed by atoms with E-state index >= 15 is 0 Å². The third kappa shape index (κ3) is 4.37. The number of anilines is 2. The zero-order valence-corrected chi connectivity index (χ0v) is 15.6. The van der Waals surface area contributed by atoms with E-state index in [2.05, 4.69) is 34.4 Å². The van der Waals surface area contributed by atoms with Gasteiger partial charge in [-0.15, -0.1) is 0 Å². The molecule has 7 nitrogen and oxygen atoms in total. The predicted octanol–water partition coefficient (Wildman–Crippen LogP) is 2.26. The molecule has 1 fully saturated rings. The highest BCUT2D eigenvalue weighted by atomic mass is 32.2. The van der Waals surface area contributed by atoms with E-state index in [0.29, 0.717) is 18.2 Å². The lowest BCUT2D eigenvalue weighted by molar-refractivity contribution is 0.0936. The van der Waals surface area contributed by atoms with E-state index < -0.39 is 15.7 Å². The van der Waals surface area contributed by atoms with Crippen molar-refractivity contribution in [3.63, 3.8) is 0 Å². The number of benzene rings is 1. The Bertz CT molecular complexity index is 912. The van der Waals surface area contributed by atoms with Gasteiger partial charge < -0.3 is 10.6 Å². The Kier molecular flexibility index (Phi) is 5.22. The maximum absolute atomic E-state index is 12.4. The fraction of sp³-hybridized carbons (Fsp3) is 0.389. The van der Waals surface area contributed by atoms with Crippen molar-refractivity contribution in [2.45, 2.75) is 32.2 Å². The number of carbonyl (C=O) groups excluding carboxylic acids is 1. The zero-order chi connectivity index (χ0) is 18.7. The minimum absolute atomic E-state index is 0.0172. The van der Waals surface area contributed by atoms with Crippen LogP contribution in [0.25, 0.3) is 0 Å². The van der Waals surface area contributed by atoms with Crippen LogP contribution >= 0.6 is 0 Å². The molecule has 1 aliphatic heterocycles. The van der Waals surface area contributed by atoms with Crippen molar-refractivity contribution in [2.75, 3.05) is 16.8 Å². The Morgan fingerprint density at radius 3 is 2.69 bits per heavy atom. The largest absolute Gasteiger partial charge is 0.347 e. The van der Waals surface area contributed by atoms with Gasteiger partial charge in [0.05, 0.1) is 11.5 Å². The van der Waals surface area contributed by atoms with E-state index in [-0.39, 0.29) is 23.2 Å². The van der Waals surface area contributed by atoms with Crippen LogP contribution in [-0.2, 0) is 9.84 Å². The van der Waals surface area contributed by atoms with Gasteiger partial charge in [0.2, 0.25) is 0 Å². The second kappa shape index (κ2) is 7.41. The first-order valence-electron chi connectivity index (χ1n) is 8.53. The van der Waals surface area contributed by atoms with Crippen molar-refractivity contribution >= 4 is 27.2 Å². The highest BCUT2D eigenvalue weighted by Crippen LogP contribution is 2.26. The minimum Gasteiger partial charge on any atom is -0.347 e. The predicted molar refractivity (Wildman–Crippen MR) is 100 cm³/mol. The average Bonchev–Trinajstić information content (AvgIpc) is 2.94. The van der Waals surface area contributed by atoms with E-state index in [1.165, 1.54) is 6.33 Å². The average molecular weight is 374 g/mol. The first-order valence-corrected chi connectivity index (χ1v) is 10.4. The Hall–Kier alpha value is -2.48. The molecule has 2 aromatic rings. The molecular formula is C18H22N4O3S. The molecule has 3 rings (SSSR count). The van der Waals surface area contributed by atoms with Gasteiger partial charge in [-0.05, 0) is 24.0 Å². The third-order valence-corrected chi connectivity index (χ3v) is 6.08. The molecule has 1 amide bonds. The van der Waals surface area contributed by atoms with Crippen molar-refractivity contribution in [3.05, 3.63) is 47.9 Å². The summed E-state index contributed by atoms with van der Waals surface area (Å²) in [6, 6.07) is 9.12. The fourth-order valence-electron chi connectivity index (χ4n) is 2.97. The number of hydrogen-bond donors (Lipinski definition) is 2. The van der Waals surface area contributed by atoms with Crippen LogP contribution in [0.5, 0.6) is 0 Å². The van der Waals surface area contributed by atoms with E-state index in [9.17, 15) is 13.2 Å². The van der Waals surface area contributed by atoms with Crippen LogP contribution in [-0.4, -0.2) is 41.8 Å². The summed E-state index contributed by atoms with van der Waals surface area (Å²) in [6.07, 6.45) is 1.76. The van der Waals surface area contributed by atoms with Gasteiger partial charge in [-0.2, -0.15) is 0 Å². The number of hydrogen-bond acceptors (Lipinski definition) is 6. The topological polar surface area (TPSA) is 101 Å². The number of amides is 1. The molecule has 138 valence electrons. The molecule has 2 N–H and O–H groups in total. The Labute approximate surface area is 153 Å². The van der Waals surface area contributed by atoms with Crippen molar-refractivity contribution < 1.29 is 13.2 Å². The fourth-order valence-corrected chi connectivity index (χ4v) is 4.64. The van der Waals surface area contributed by atoms with Gasteiger partial charge in [-0.25, -0.2) is 18.4 Å². The minimum atomic E-state index is -3.04. The summed E-state index contributed by atoms with van der Waals surface area (Å²) < 4.78 is 23.0. The van der Waals surface area contributed by atoms with Crippen molar-refractivity contribution in [1.29, 1.82) is 0 Å². The van der Waals surface area contributed by atoms with Crippen molar-refractivity contribution in [2.24, 2.45) is 0 Å². The van der Waals surface area contributed by atoms with Crippen LogP contribution in [0.2, 0.25) is 0 Å². The van der Waals surface area contributed by atoms with Gasteiger partial charge in [0.15, 0.2) is 9.84 Å². The molecule has 1 aliphatic rings. The number of aromatic nitrogens is 2. The molecule has 1 unspecified atom stereocenters. The SMILES string of the molecule is CC(C)c1ccccc1Nc1cc(C(=O)NC2CCS(=O)(=O)C2)ncn1. The van der Waals surface area contributed by atoms with E-state index in [1.54, 1.807) is 6.07 Å². The normalized spacial score (nSPS) is 18.7. The second-order valence-electron chi connectivity index (χ2n) is 6.73. The van der Waals surface area contributed by atoms with Gasteiger partial charge >= 0.3 is 0 Å². The lowest BCUT2D eigenvalue weighted by Crippen LogP contribution is -2.36. The quantitative estimate of drug-likeness (QED) is 0.832. The van der Waals surface area contributed by atoms with E-state index in [0.717, 1.165) is 11.3 Å². The summed E-state index contributed by atoms with van der Waals surface area (Å²) in [4.78, 5) is 20.5. The van der Waals surface area contributed by atoms with Gasteiger partial charge in [-0.1, -0.05) is 32.0 Å². The van der Waals surface area contributed by atoms with Crippen molar-refractivity contribution in [3.8, 4) is 0 Å². The maximum Gasteiger partial charge on any atom is 0.270 e. The number of para-hydroxylation sites is 1. The summed E-state index contributed by atoms with van der Waals surface area (Å²) in [5.41, 5.74) is 2.27. The summed E-state index contributed by atoms with van der Waals surface area (Å²) in [5.74, 6) is 0.552. The molecule has 1 atom stereocenters. The number of nitrogens with one attached hydrogen (secondary N) is 2. The number of sulfone groups is 1. The van der Waals surface area contributed by atoms with Gasteiger partial charge in [0.1, 0.15) is 17.8 Å². The lowest BCUT2D eigenvalue weighted by atomic mass is 10.0. The van der Waals surface area contributed by atoms with E-state index in [1.807, 2.05) is 24.3 Å². The maximum atomic E-state index is 12.4. The molecule has 0 bridgehead atoms. The number of rotatable bonds is 5. The van der Waals surface area contributed by atoms with Crippen LogP contribution in [0.3, 0.4) is 0 Å². The Morgan fingerprint density at radius 1 is 1.23 bits per heavy atom. The van der Waals surface area contributed by atoms with Crippen LogP contribution in [0.15, 0.2) is 36.7 Å². The lowest BCUT2D eigenvalue weighted by Gasteiger charge is -2.14. The zero-order valence-electron chi connectivity index (χ0n) is 14.8. The molecule has 8 heteroatoms. The van der Waals surface area contributed by atoms with Gasteiger partial charge in [0, 0.05) is 17.8 Å². The smallest absolute Gasteiger partial charge is 0.270 e. The number of nitrogens with zero attached hydrogens (tertiary/aromatic N) is 2. The first kappa shape index (κ1) is 18.3. The molecular weight excluding hydrogens is 352 g/mol. The molecule has 1 aromatic heterocycles. The standard InChI is InChI=1S/C18H22N4O3S/c1-12(2)14-5-3-4-6-15(14)22-17-9-16(19-11-20-17)18(23)21-13-7-8-26(24,25)10-13/h3-6,9,11-13H,7-8,10H2,1-2H3,(H,21,23)(H,19,20,22). The molecule has 1 saturated heterocycles. The molecule has 1 aromatic carbocycles. The summed E-state index contributed by atoms with van der Waals surface area (Å²) in [6.45, 7) is 4.21. The summed E-state index contributed by atoms with van der Waals surface area (Å²) in [5, 5.41) is 5.96.